The normalized spacial score (nSPS) is 10.2. The van der Waals surface area contributed by atoms with Gasteiger partial charge in [-0.2, -0.15) is 0 Å². The summed E-state index contributed by atoms with van der Waals surface area (Å²) in [6.07, 6.45) is 2.02. The lowest BCUT2D eigenvalue weighted by Crippen LogP contribution is -2.27. The molecule has 7 nitrogen and oxygen atoms in total. The van der Waals surface area contributed by atoms with Crippen molar-refractivity contribution >= 4 is 11.6 Å². The molecule has 0 atom stereocenters. The molecule has 0 saturated heterocycles. The molecule has 0 fully saturated rings. The topological polar surface area (TPSA) is 100 Å². The van der Waals surface area contributed by atoms with E-state index in [0.717, 1.165) is 19.5 Å². The maximum absolute atomic E-state index is 11.5. The van der Waals surface area contributed by atoms with E-state index >= 15 is 0 Å². The van der Waals surface area contributed by atoms with Crippen molar-refractivity contribution < 1.29 is 9.72 Å². The molecular weight excluding hydrogens is 224 g/mol. The van der Waals surface area contributed by atoms with Crippen LogP contribution >= 0.6 is 0 Å². The highest BCUT2D eigenvalue weighted by atomic mass is 16.6. The quantitative estimate of drug-likeness (QED) is 0.370. The molecule has 0 radical (unpaired) electrons. The Balaban J connectivity index is 2.34. The number of carbonyl (C=O) groups is 1. The first-order valence-corrected chi connectivity index (χ1v) is 5.47. The Morgan fingerprint density at radius 3 is 2.88 bits per heavy atom. The summed E-state index contributed by atoms with van der Waals surface area (Å²) in [5, 5.41) is 16.2. The summed E-state index contributed by atoms with van der Waals surface area (Å²) in [5.74, 6) is -0.324. The molecule has 0 unspecified atom stereocenters. The van der Waals surface area contributed by atoms with Crippen molar-refractivity contribution in [2.75, 3.05) is 19.6 Å². The van der Waals surface area contributed by atoms with Crippen LogP contribution in [0, 0.1) is 10.1 Å². The number of hydrogen-bond donors (Lipinski definition) is 3. The monoisotopic (exact) mass is 240 g/mol. The largest absolute Gasteiger partial charge is 0.351 e. The average molecular weight is 240 g/mol. The molecule has 0 aliphatic rings. The van der Waals surface area contributed by atoms with Gasteiger partial charge in [0.05, 0.1) is 11.1 Å². The molecule has 0 aromatic carbocycles. The number of nitrogens with zero attached hydrogens (tertiary/aromatic N) is 1. The van der Waals surface area contributed by atoms with Crippen LogP contribution in [0.2, 0.25) is 0 Å². The highest BCUT2D eigenvalue weighted by Crippen LogP contribution is 2.11. The smallest absolute Gasteiger partial charge is 0.287 e. The van der Waals surface area contributed by atoms with Crippen molar-refractivity contribution in [3.05, 3.63) is 28.1 Å². The first kappa shape index (κ1) is 13.2. The van der Waals surface area contributed by atoms with Gasteiger partial charge in [0.1, 0.15) is 5.69 Å². The first-order chi connectivity index (χ1) is 8.15. The second-order valence-corrected chi connectivity index (χ2v) is 3.49. The molecule has 1 aromatic heterocycles. The lowest BCUT2D eigenvalue weighted by atomic mass is 10.3. The Hall–Kier alpha value is -1.89. The molecule has 0 aliphatic carbocycles. The van der Waals surface area contributed by atoms with Gasteiger partial charge in [0.2, 0.25) is 0 Å². The van der Waals surface area contributed by atoms with E-state index in [2.05, 4.69) is 15.6 Å². The van der Waals surface area contributed by atoms with Gasteiger partial charge >= 0.3 is 0 Å². The summed E-state index contributed by atoms with van der Waals surface area (Å²) >= 11 is 0. The fraction of sp³-hybridized carbons (Fsp3) is 0.500. The van der Waals surface area contributed by atoms with Gasteiger partial charge in [-0.05, 0) is 19.5 Å². The van der Waals surface area contributed by atoms with E-state index in [0.29, 0.717) is 6.54 Å². The van der Waals surface area contributed by atoms with Crippen molar-refractivity contribution in [3.8, 4) is 0 Å². The number of H-pyrrole nitrogens is 1. The molecule has 0 saturated carbocycles. The lowest BCUT2D eigenvalue weighted by molar-refractivity contribution is -0.384. The molecule has 94 valence electrons. The highest BCUT2D eigenvalue weighted by molar-refractivity contribution is 5.93. The standard InChI is InChI=1S/C10H16N4O3/c1-2-11-4-3-5-12-10(15)9-6-8(7-13-9)14(16)17/h6-7,11,13H,2-5H2,1H3,(H,12,15). The molecule has 1 amide bonds. The Kier molecular flexibility index (Phi) is 5.15. The Bertz CT molecular complexity index is 389. The highest BCUT2D eigenvalue weighted by Gasteiger charge is 2.13. The van der Waals surface area contributed by atoms with E-state index in [1.807, 2.05) is 6.92 Å². The lowest BCUT2D eigenvalue weighted by Gasteiger charge is -2.03. The van der Waals surface area contributed by atoms with Gasteiger partial charge in [-0.25, -0.2) is 0 Å². The van der Waals surface area contributed by atoms with Crippen LogP contribution in [0.1, 0.15) is 23.8 Å². The Morgan fingerprint density at radius 1 is 1.53 bits per heavy atom. The minimum absolute atomic E-state index is 0.109. The maximum atomic E-state index is 11.5. The van der Waals surface area contributed by atoms with Gasteiger partial charge in [0, 0.05) is 12.6 Å². The second-order valence-electron chi connectivity index (χ2n) is 3.49. The third-order valence-electron chi connectivity index (χ3n) is 2.19. The molecule has 1 heterocycles. The minimum Gasteiger partial charge on any atom is -0.351 e. The fourth-order valence-corrected chi connectivity index (χ4v) is 1.31. The second kappa shape index (κ2) is 6.64. The predicted octanol–water partition coefficient (Wildman–Crippen LogP) is 0.652. The van der Waals surface area contributed by atoms with Crippen LogP contribution in [-0.4, -0.2) is 35.4 Å². The van der Waals surface area contributed by atoms with Crippen LogP contribution in [0.25, 0.3) is 0 Å². The van der Waals surface area contributed by atoms with Crippen LogP contribution in [-0.2, 0) is 0 Å². The summed E-state index contributed by atoms with van der Waals surface area (Å²) in [6.45, 7) is 4.29. The van der Waals surface area contributed by atoms with Gasteiger partial charge < -0.3 is 15.6 Å². The molecule has 0 spiro atoms. The first-order valence-electron chi connectivity index (χ1n) is 5.47. The number of nitro groups is 1. The SMILES string of the molecule is CCNCCCNC(=O)c1cc([N+](=O)[O-])c[nH]1. The number of hydrogen-bond acceptors (Lipinski definition) is 4. The number of rotatable bonds is 7. The van der Waals surface area contributed by atoms with Gasteiger partial charge in [0.25, 0.3) is 11.6 Å². The van der Waals surface area contributed by atoms with E-state index in [9.17, 15) is 14.9 Å². The third-order valence-corrected chi connectivity index (χ3v) is 2.19. The molecule has 1 rings (SSSR count). The summed E-state index contributed by atoms with van der Waals surface area (Å²) in [5.41, 5.74) is 0.1000. The molecule has 17 heavy (non-hydrogen) atoms. The number of aromatic nitrogens is 1. The zero-order chi connectivity index (χ0) is 12.7. The molecular formula is C10H16N4O3. The molecule has 3 N–H and O–H groups in total. The van der Waals surface area contributed by atoms with Crippen LogP contribution < -0.4 is 10.6 Å². The Morgan fingerprint density at radius 2 is 2.29 bits per heavy atom. The predicted molar refractivity (Wildman–Crippen MR) is 62.9 cm³/mol. The summed E-state index contributed by atoms with van der Waals surface area (Å²) in [7, 11) is 0. The summed E-state index contributed by atoms with van der Waals surface area (Å²) in [6, 6.07) is 1.22. The maximum Gasteiger partial charge on any atom is 0.287 e. The van der Waals surface area contributed by atoms with Gasteiger partial charge in [-0.1, -0.05) is 6.92 Å². The van der Waals surface area contributed by atoms with Crippen molar-refractivity contribution in [2.24, 2.45) is 0 Å². The fourth-order valence-electron chi connectivity index (χ4n) is 1.31. The van der Waals surface area contributed by atoms with E-state index in [4.69, 9.17) is 0 Å². The van der Waals surface area contributed by atoms with Crippen LogP contribution in [0.15, 0.2) is 12.3 Å². The van der Waals surface area contributed by atoms with Crippen molar-refractivity contribution in [1.29, 1.82) is 0 Å². The van der Waals surface area contributed by atoms with E-state index in [1.54, 1.807) is 0 Å². The molecule has 1 aromatic rings. The van der Waals surface area contributed by atoms with Crippen molar-refractivity contribution in [2.45, 2.75) is 13.3 Å². The Labute approximate surface area is 98.7 Å². The number of aromatic amines is 1. The van der Waals surface area contributed by atoms with E-state index < -0.39 is 4.92 Å². The minimum atomic E-state index is -0.543. The molecule has 0 aliphatic heterocycles. The average Bonchev–Trinajstić information content (AvgIpc) is 2.78. The number of carbonyl (C=O) groups excluding carboxylic acids is 1. The van der Waals surface area contributed by atoms with Crippen LogP contribution in [0.3, 0.4) is 0 Å². The van der Waals surface area contributed by atoms with Gasteiger partial charge in [-0.15, -0.1) is 0 Å². The summed E-state index contributed by atoms with van der Waals surface area (Å²) in [4.78, 5) is 24.0. The molecule has 7 heteroatoms. The summed E-state index contributed by atoms with van der Waals surface area (Å²) < 4.78 is 0. The van der Waals surface area contributed by atoms with Crippen molar-refractivity contribution in [1.82, 2.24) is 15.6 Å². The number of nitrogens with one attached hydrogen (secondary N) is 3. The van der Waals surface area contributed by atoms with E-state index in [1.165, 1.54) is 12.3 Å². The third kappa shape index (κ3) is 4.23. The number of amides is 1. The zero-order valence-corrected chi connectivity index (χ0v) is 9.66. The van der Waals surface area contributed by atoms with Gasteiger partial charge in [-0.3, -0.25) is 14.9 Å². The van der Waals surface area contributed by atoms with Gasteiger partial charge in [0.15, 0.2) is 0 Å². The van der Waals surface area contributed by atoms with Crippen LogP contribution in [0.4, 0.5) is 5.69 Å². The van der Waals surface area contributed by atoms with Crippen LogP contribution in [0.5, 0.6) is 0 Å². The van der Waals surface area contributed by atoms with E-state index in [-0.39, 0.29) is 17.3 Å². The molecule has 0 bridgehead atoms. The van der Waals surface area contributed by atoms with Crippen molar-refractivity contribution in [3.63, 3.8) is 0 Å². The zero-order valence-electron chi connectivity index (χ0n) is 9.66.